The molecule has 3 heterocycles. The minimum atomic E-state index is 0.656. The molecule has 0 N–H and O–H groups in total. The van der Waals surface area contributed by atoms with E-state index in [0.717, 1.165) is 49.3 Å². The molecule has 1 saturated heterocycles. The Morgan fingerprint density at radius 2 is 2.05 bits per heavy atom. The average molecular weight is 324 g/mol. The van der Waals surface area contributed by atoms with Crippen molar-refractivity contribution in [3.8, 4) is 11.4 Å². The number of morpholine rings is 1. The summed E-state index contributed by atoms with van der Waals surface area (Å²) in [6.07, 6.45) is 0. The second-order valence-electron chi connectivity index (χ2n) is 4.29. The van der Waals surface area contributed by atoms with Gasteiger partial charge in [0.05, 0.1) is 24.2 Å². The Bertz CT molecular complexity index is 552. The maximum atomic E-state index is 5.35. The third-order valence-electron chi connectivity index (χ3n) is 3.02. The van der Waals surface area contributed by atoms with E-state index in [1.807, 2.05) is 24.3 Å². The van der Waals surface area contributed by atoms with Gasteiger partial charge in [-0.25, -0.2) is 4.98 Å². The second-order valence-corrected chi connectivity index (χ2v) is 4.85. The SMILES string of the molecule is BrCc1cc(-c2cccc(N3CCOCC3)n2)no1. The van der Waals surface area contributed by atoms with E-state index < -0.39 is 0 Å². The predicted molar refractivity (Wildman–Crippen MR) is 75.4 cm³/mol. The predicted octanol–water partition coefficient (Wildman–Crippen LogP) is 2.47. The molecular formula is C13H14BrN3O2. The van der Waals surface area contributed by atoms with Crippen LogP contribution >= 0.6 is 15.9 Å². The van der Waals surface area contributed by atoms with Crippen LogP contribution in [0.2, 0.25) is 0 Å². The van der Waals surface area contributed by atoms with Gasteiger partial charge in [-0.1, -0.05) is 27.2 Å². The Hall–Kier alpha value is -1.40. The third-order valence-corrected chi connectivity index (χ3v) is 3.58. The Morgan fingerprint density at radius 1 is 1.21 bits per heavy atom. The van der Waals surface area contributed by atoms with E-state index in [9.17, 15) is 0 Å². The van der Waals surface area contributed by atoms with Crippen LogP contribution in [0.4, 0.5) is 5.82 Å². The van der Waals surface area contributed by atoms with Crippen molar-refractivity contribution < 1.29 is 9.26 Å². The van der Waals surface area contributed by atoms with Crippen LogP contribution in [-0.2, 0) is 10.1 Å². The molecular weight excluding hydrogens is 310 g/mol. The maximum Gasteiger partial charge on any atom is 0.147 e. The summed E-state index contributed by atoms with van der Waals surface area (Å²) in [5, 5.41) is 4.69. The van der Waals surface area contributed by atoms with Crippen molar-refractivity contribution in [1.29, 1.82) is 0 Å². The summed E-state index contributed by atoms with van der Waals surface area (Å²) < 4.78 is 10.5. The summed E-state index contributed by atoms with van der Waals surface area (Å²) in [5.74, 6) is 1.76. The van der Waals surface area contributed by atoms with Crippen LogP contribution in [0.25, 0.3) is 11.4 Å². The molecule has 1 aliphatic rings. The van der Waals surface area contributed by atoms with Crippen molar-refractivity contribution in [2.24, 2.45) is 0 Å². The molecule has 2 aromatic heterocycles. The smallest absolute Gasteiger partial charge is 0.147 e. The fourth-order valence-corrected chi connectivity index (χ4v) is 2.30. The number of halogens is 1. The van der Waals surface area contributed by atoms with E-state index in [-0.39, 0.29) is 0 Å². The van der Waals surface area contributed by atoms with Crippen LogP contribution in [0.3, 0.4) is 0 Å². The summed E-state index contributed by atoms with van der Waals surface area (Å²) in [4.78, 5) is 6.87. The molecule has 3 rings (SSSR count). The normalized spacial score (nSPS) is 15.7. The van der Waals surface area contributed by atoms with Crippen molar-refractivity contribution in [1.82, 2.24) is 10.1 Å². The highest BCUT2D eigenvalue weighted by atomic mass is 79.9. The first-order valence-electron chi connectivity index (χ1n) is 6.18. The van der Waals surface area contributed by atoms with Crippen molar-refractivity contribution in [3.63, 3.8) is 0 Å². The van der Waals surface area contributed by atoms with Gasteiger partial charge in [-0.15, -0.1) is 0 Å². The van der Waals surface area contributed by atoms with Gasteiger partial charge in [0.15, 0.2) is 0 Å². The van der Waals surface area contributed by atoms with Crippen molar-refractivity contribution >= 4 is 21.7 Å². The third kappa shape index (κ3) is 2.79. The zero-order valence-corrected chi connectivity index (χ0v) is 12.0. The van der Waals surface area contributed by atoms with Crippen LogP contribution < -0.4 is 4.90 Å². The number of pyridine rings is 1. The molecule has 0 bridgehead atoms. The Labute approximate surface area is 119 Å². The zero-order valence-electron chi connectivity index (χ0n) is 10.4. The lowest BCUT2D eigenvalue weighted by Gasteiger charge is -2.27. The standard InChI is InChI=1S/C13H14BrN3O2/c14-9-10-8-12(16-19-10)11-2-1-3-13(15-11)17-4-6-18-7-5-17/h1-3,8H,4-7,9H2. The van der Waals surface area contributed by atoms with Crippen LogP contribution in [-0.4, -0.2) is 36.4 Å². The van der Waals surface area contributed by atoms with E-state index in [2.05, 4.69) is 31.0 Å². The van der Waals surface area contributed by atoms with Gasteiger partial charge in [-0.2, -0.15) is 0 Å². The van der Waals surface area contributed by atoms with Gasteiger partial charge in [0.25, 0.3) is 0 Å². The van der Waals surface area contributed by atoms with E-state index in [4.69, 9.17) is 9.26 Å². The molecule has 0 saturated carbocycles. The van der Waals surface area contributed by atoms with Gasteiger partial charge in [0.1, 0.15) is 17.3 Å². The molecule has 5 nitrogen and oxygen atoms in total. The lowest BCUT2D eigenvalue weighted by Crippen LogP contribution is -2.36. The number of aromatic nitrogens is 2. The van der Waals surface area contributed by atoms with E-state index in [0.29, 0.717) is 5.33 Å². The summed E-state index contributed by atoms with van der Waals surface area (Å²) in [6.45, 7) is 3.26. The van der Waals surface area contributed by atoms with Gasteiger partial charge in [-0.3, -0.25) is 0 Å². The van der Waals surface area contributed by atoms with Crippen molar-refractivity contribution in [2.45, 2.75) is 5.33 Å². The molecule has 0 amide bonds. The lowest BCUT2D eigenvalue weighted by molar-refractivity contribution is 0.122. The fourth-order valence-electron chi connectivity index (χ4n) is 2.03. The average Bonchev–Trinajstić information content (AvgIpc) is 2.97. The van der Waals surface area contributed by atoms with Gasteiger partial charge in [0, 0.05) is 19.2 Å². The summed E-state index contributed by atoms with van der Waals surface area (Å²) in [6, 6.07) is 7.86. The molecule has 0 radical (unpaired) electrons. The Kier molecular flexibility index (Phi) is 3.79. The highest BCUT2D eigenvalue weighted by Crippen LogP contribution is 2.21. The van der Waals surface area contributed by atoms with E-state index >= 15 is 0 Å². The number of hydrogen-bond acceptors (Lipinski definition) is 5. The number of anilines is 1. The number of ether oxygens (including phenoxy) is 1. The molecule has 0 unspecified atom stereocenters. The quantitative estimate of drug-likeness (QED) is 0.812. The number of hydrogen-bond donors (Lipinski definition) is 0. The lowest BCUT2D eigenvalue weighted by atomic mass is 10.2. The Balaban J connectivity index is 1.86. The zero-order chi connectivity index (χ0) is 13.1. The molecule has 1 aliphatic heterocycles. The monoisotopic (exact) mass is 323 g/mol. The molecule has 6 heteroatoms. The molecule has 0 atom stereocenters. The molecule has 2 aromatic rings. The molecule has 1 fully saturated rings. The van der Waals surface area contributed by atoms with Crippen molar-refractivity contribution in [2.75, 3.05) is 31.2 Å². The van der Waals surface area contributed by atoms with Gasteiger partial charge < -0.3 is 14.2 Å². The molecule has 0 spiro atoms. The minimum Gasteiger partial charge on any atom is -0.378 e. The molecule has 100 valence electrons. The van der Waals surface area contributed by atoms with Gasteiger partial charge in [-0.05, 0) is 12.1 Å². The summed E-state index contributed by atoms with van der Waals surface area (Å²) in [7, 11) is 0. The first kappa shape index (κ1) is 12.6. The topological polar surface area (TPSA) is 51.4 Å². The van der Waals surface area contributed by atoms with Crippen LogP contribution in [0, 0.1) is 0 Å². The fraction of sp³-hybridized carbons (Fsp3) is 0.385. The number of nitrogens with zero attached hydrogens (tertiary/aromatic N) is 3. The number of rotatable bonds is 3. The van der Waals surface area contributed by atoms with Crippen LogP contribution in [0.1, 0.15) is 5.76 Å². The van der Waals surface area contributed by atoms with Crippen molar-refractivity contribution in [3.05, 3.63) is 30.0 Å². The van der Waals surface area contributed by atoms with Crippen LogP contribution in [0.15, 0.2) is 28.8 Å². The van der Waals surface area contributed by atoms with E-state index in [1.54, 1.807) is 0 Å². The Morgan fingerprint density at radius 3 is 2.79 bits per heavy atom. The highest BCUT2D eigenvalue weighted by Gasteiger charge is 2.14. The maximum absolute atomic E-state index is 5.35. The first-order chi connectivity index (χ1) is 9.36. The summed E-state index contributed by atoms with van der Waals surface area (Å²) >= 11 is 3.34. The minimum absolute atomic E-state index is 0.656. The molecule has 19 heavy (non-hydrogen) atoms. The first-order valence-corrected chi connectivity index (χ1v) is 7.30. The van der Waals surface area contributed by atoms with Gasteiger partial charge >= 0.3 is 0 Å². The van der Waals surface area contributed by atoms with Gasteiger partial charge in [0.2, 0.25) is 0 Å². The molecule has 0 aliphatic carbocycles. The number of alkyl halides is 1. The second kappa shape index (κ2) is 5.71. The highest BCUT2D eigenvalue weighted by molar-refractivity contribution is 9.08. The van der Waals surface area contributed by atoms with Crippen LogP contribution in [0.5, 0.6) is 0 Å². The largest absolute Gasteiger partial charge is 0.378 e. The summed E-state index contributed by atoms with van der Waals surface area (Å²) in [5.41, 5.74) is 1.60. The van der Waals surface area contributed by atoms with E-state index in [1.165, 1.54) is 0 Å². The molecule has 0 aromatic carbocycles.